The minimum atomic E-state index is -5.19. The molecule has 3 amide bonds. The number of pyridine rings is 1. The number of likely N-dealkylation sites (tertiary alicyclic amines) is 1. The largest absolute Gasteiger partial charge is 0.494 e. The Bertz CT molecular complexity index is 2720. The first-order valence-electron chi connectivity index (χ1n) is 21.9. The van der Waals surface area contributed by atoms with Crippen LogP contribution in [0.4, 0.5) is 33.3 Å². The van der Waals surface area contributed by atoms with Gasteiger partial charge in [-0.1, -0.05) is 20.8 Å². The number of hydrogen-bond donors (Lipinski definition) is 2. The SMILES string of the molecule is CC(C)(C)C(NC(=O)COCCCCOc1ccc(-c2ccc(N3C(=S)N(c4ccc(C#N)c(C(F)(F)F)c4F)C(=O)C3(C)C)cn2)cc1)C(=O)N1CCCC1c1nc(-c2ccc(F)cc2)c[nH]1. The van der Waals surface area contributed by atoms with Crippen molar-refractivity contribution in [2.45, 2.75) is 84.1 Å². The van der Waals surface area contributed by atoms with Crippen LogP contribution in [0.1, 0.15) is 83.3 Å². The van der Waals surface area contributed by atoms with Gasteiger partial charge in [0.05, 0.1) is 53.2 Å². The van der Waals surface area contributed by atoms with Gasteiger partial charge in [0.15, 0.2) is 10.9 Å². The highest BCUT2D eigenvalue weighted by Gasteiger charge is 2.52. The summed E-state index contributed by atoms with van der Waals surface area (Å²) >= 11 is 5.53. The lowest BCUT2D eigenvalue weighted by atomic mass is 9.85. The molecule has 0 saturated carbocycles. The molecule has 7 rings (SSSR count). The first-order valence-corrected chi connectivity index (χ1v) is 22.3. The van der Waals surface area contributed by atoms with Gasteiger partial charge in [-0.25, -0.2) is 13.8 Å². The third-order valence-corrected chi connectivity index (χ3v) is 12.1. The first-order chi connectivity index (χ1) is 32.2. The number of rotatable bonds is 15. The Hall–Kier alpha value is -6.78. The molecule has 68 heavy (non-hydrogen) atoms. The molecule has 5 aromatic rings. The summed E-state index contributed by atoms with van der Waals surface area (Å²) in [7, 11) is 0. The number of unbranched alkanes of at least 4 members (excludes halogenated alkanes) is 1. The highest BCUT2D eigenvalue weighted by atomic mass is 32.1. The number of thiocarbonyl (C=S) groups is 1. The van der Waals surface area contributed by atoms with E-state index in [1.165, 1.54) is 43.1 Å². The normalized spacial score (nSPS) is 16.5. The lowest BCUT2D eigenvalue weighted by Crippen LogP contribution is -2.55. The number of nitrogens with one attached hydrogen (secondary N) is 2. The maximum Gasteiger partial charge on any atom is 0.420 e. The number of amides is 3. The molecule has 4 heterocycles. The van der Waals surface area contributed by atoms with Crippen LogP contribution in [0, 0.1) is 28.4 Å². The number of imidazole rings is 1. The van der Waals surface area contributed by atoms with Crippen molar-refractivity contribution in [3.05, 3.63) is 114 Å². The van der Waals surface area contributed by atoms with E-state index >= 15 is 4.39 Å². The highest BCUT2D eigenvalue weighted by molar-refractivity contribution is 7.81. The zero-order valence-electron chi connectivity index (χ0n) is 37.9. The van der Waals surface area contributed by atoms with Crippen LogP contribution in [0.2, 0.25) is 0 Å². The topological polar surface area (TPSA) is 157 Å². The molecular formula is C49H49F5N8O5S. The molecule has 19 heteroatoms. The van der Waals surface area contributed by atoms with Gasteiger partial charge >= 0.3 is 6.18 Å². The van der Waals surface area contributed by atoms with Crippen molar-refractivity contribution in [2.24, 2.45) is 5.41 Å². The second-order valence-corrected chi connectivity index (χ2v) is 18.4. The summed E-state index contributed by atoms with van der Waals surface area (Å²) in [6.07, 6.45) is 0.737. The zero-order valence-corrected chi connectivity index (χ0v) is 38.7. The number of nitriles is 1. The minimum Gasteiger partial charge on any atom is -0.494 e. The molecule has 2 aromatic heterocycles. The summed E-state index contributed by atoms with van der Waals surface area (Å²) < 4.78 is 81.7. The van der Waals surface area contributed by atoms with E-state index in [2.05, 4.69) is 15.3 Å². The van der Waals surface area contributed by atoms with Crippen molar-refractivity contribution < 1.29 is 45.8 Å². The van der Waals surface area contributed by atoms with Crippen LogP contribution in [0.3, 0.4) is 0 Å². The van der Waals surface area contributed by atoms with E-state index in [-0.39, 0.29) is 29.5 Å². The van der Waals surface area contributed by atoms with Crippen molar-refractivity contribution in [3.8, 4) is 34.3 Å². The van der Waals surface area contributed by atoms with E-state index in [4.69, 9.17) is 26.7 Å². The van der Waals surface area contributed by atoms with Gasteiger partial charge < -0.3 is 29.6 Å². The maximum absolute atomic E-state index is 15.4. The Kier molecular flexibility index (Phi) is 14.3. The predicted molar refractivity (Wildman–Crippen MR) is 247 cm³/mol. The van der Waals surface area contributed by atoms with E-state index in [9.17, 15) is 37.2 Å². The number of ether oxygens (including phenoxy) is 2. The average Bonchev–Trinajstić information content (AvgIpc) is 4.02. The number of halogens is 5. The van der Waals surface area contributed by atoms with Crippen LogP contribution in [0.25, 0.3) is 22.5 Å². The molecule has 356 valence electrons. The number of benzene rings is 3. The van der Waals surface area contributed by atoms with Crippen LogP contribution >= 0.6 is 12.2 Å². The van der Waals surface area contributed by atoms with Crippen molar-refractivity contribution >= 4 is 46.4 Å². The third kappa shape index (κ3) is 10.4. The van der Waals surface area contributed by atoms with Crippen molar-refractivity contribution in [1.82, 2.24) is 25.2 Å². The van der Waals surface area contributed by atoms with Gasteiger partial charge in [-0.3, -0.25) is 24.3 Å². The van der Waals surface area contributed by atoms with Gasteiger partial charge in [0, 0.05) is 30.5 Å². The molecule has 13 nitrogen and oxygen atoms in total. The standard InChI is InChI=1S/C49H49F5N8O5S/c1-47(2,3)42(44(64)60-22-8-9-38(60)43-57-27-36(58-43)30-10-15-32(50)16-11-30)59-39(63)28-66-23-6-7-24-67-34-18-12-29(13-19-34)35-20-17-33(26-56-35)62-46(68)61(45(65)48(62,4)5)37-21-14-31(25-55)40(41(37)51)49(52,53)54/h10-21,26-27,38,42H,6-9,22-24,28H2,1-5H3,(H,57,58)(H,59,63). The highest BCUT2D eigenvalue weighted by Crippen LogP contribution is 2.42. The van der Waals surface area contributed by atoms with E-state index in [1.807, 2.05) is 32.9 Å². The summed E-state index contributed by atoms with van der Waals surface area (Å²) in [4.78, 5) is 56.9. The average molecular weight is 957 g/mol. The van der Waals surface area contributed by atoms with E-state index < -0.39 is 57.6 Å². The molecule has 0 spiro atoms. The number of aromatic nitrogens is 3. The molecular weight excluding hydrogens is 908 g/mol. The molecule has 2 atom stereocenters. The van der Waals surface area contributed by atoms with Crippen LogP contribution in [-0.2, 0) is 25.3 Å². The summed E-state index contributed by atoms with van der Waals surface area (Å²) in [5.74, 6) is -2.26. The predicted octanol–water partition coefficient (Wildman–Crippen LogP) is 9.29. The first kappa shape index (κ1) is 49.1. The third-order valence-electron chi connectivity index (χ3n) is 11.8. The van der Waals surface area contributed by atoms with Gasteiger partial charge in [0.25, 0.3) is 5.91 Å². The number of aromatic amines is 1. The van der Waals surface area contributed by atoms with Crippen LogP contribution in [0.15, 0.2) is 85.2 Å². The van der Waals surface area contributed by atoms with Crippen LogP contribution in [0.5, 0.6) is 5.75 Å². The number of carbonyl (C=O) groups excluding carboxylic acids is 3. The van der Waals surface area contributed by atoms with Gasteiger partial charge in [-0.2, -0.15) is 18.4 Å². The molecule has 2 saturated heterocycles. The molecule has 2 unspecified atom stereocenters. The fourth-order valence-electron chi connectivity index (χ4n) is 8.23. The maximum atomic E-state index is 15.4. The van der Waals surface area contributed by atoms with Crippen molar-refractivity contribution in [1.29, 1.82) is 5.26 Å². The Labute approximate surface area is 395 Å². The van der Waals surface area contributed by atoms with Crippen LogP contribution in [-0.4, -0.2) is 80.6 Å². The molecule has 3 aromatic carbocycles. The quantitative estimate of drug-likeness (QED) is 0.0589. The summed E-state index contributed by atoms with van der Waals surface area (Å²) in [5, 5.41) is 11.8. The molecule has 2 N–H and O–H groups in total. The molecule has 0 radical (unpaired) electrons. The van der Waals surface area contributed by atoms with Crippen LogP contribution < -0.4 is 19.9 Å². The molecule has 0 aliphatic carbocycles. The second kappa shape index (κ2) is 19.8. The van der Waals surface area contributed by atoms with Gasteiger partial charge in [-0.15, -0.1) is 0 Å². The molecule has 2 fully saturated rings. The minimum absolute atomic E-state index is 0.204. The smallest absolute Gasteiger partial charge is 0.420 e. The van der Waals surface area contributed by atoms with E-state index in [0.717, 1.165) is 29.7 Å². The zero-order chi connectivity index (χ0) is 49.1. The number of carbonyl (C=O) groups is 3. The molecule has 2 aliphatic heterocycles. The lowest BCUT2D eigenvalue weighted by Gasteiger charge is -2.35. The van der Waals surface area contributed by atoms with Gasteiger partial charge in [0.1, 0.15) is 41.1 Å². The summed E-state index contributed by atoms with van der Waals surface area (Å²) in [5.41, 5.74) is -2.40. The van der Waals surface area contributed by atoms with E-state index in [1.54, 1.807) is 47.5 Å². The number of nitrogens with zero attached hydrogens (tertiary/aromatic N) is 6. The van der Waals surface area contributed by atoms with Gasteiger partial charge in [0.2, 0.25) is 11.8 Å². The monoisotopic (exact) mass is 956 g/mol. The Morgan fingerprint density at radius 1 is 0.971 bits per heavy atom. The fraction of sp³-hybridized carbons (Fsp3) is 0.367. The summed E-state index contributed by atoms with van der Waals surface area (Å²) in [6.45, 7) is 9.67. The van der Waals surface area contributed by atoms with Gasteiger partial charge in [-0.05, 0) is 130 Å². The fourth-order valence-corrected chi connectivity index (χ4v) is 8.74. The Morgan fingerprint density at radius 3 is 2.29 bits per heavy atom. The number of anilines is 2. The lowest BCUT2D eigenvalue weighted by molar-refractivity contribution is -0.141. The molecule has 0 bridgehead atoms. The number of hydrogen-bond acceptors (Lipinski definition) is 9. The van der Waals surface area contributed by atoms with E-state index in [0.29, 0.717) is 72.6 Å². The van der Waals surface area contributed by atoms with Crippen molar-refractivity contribution in [2.75, 3.05) is 36.2 Å². The number of H-pyrrole nitrogens is 1. The Balaban J connectivity index is 0.863. The molecule has 2 aliphatic rings. The Morgan fingerprint density at radius 2 is 1.65 bits per heavy atom. The van der Waals surface area contributed by atoms with Crippen molar-refractivity contribution in [3.63, 3.8) is 0 Å². The second-order valence-electron chi connectivity index (χ2n) is 18.0. The number of alkyl halides is 3. The summed E-state index contributed by atoms with van der Waals surface area (Å²) in [6, 6.07) is 18.5.